The Morgan fingerprint density at radius 1 is 0.742 bits per heavy atom. The van der Waals surface area contributed by atoms with E-state index in [1.165, 1.54) is 25.0 Å². The van der Waals surface area contributed by atoms with E-state index < -0.39 is 4.92 Å². The Labute approximate surface area is 185 Å². The molecule has 9 heteroatoms. The van der Waals surface area contributed by atoms with Crippen LogP contribution in [-0.4, -0.2) is 18.0 Å². The van der Waals surface area contributed by atoms with E-state index in [2.05, 4.69) is 24.4 Å². The van der Waals surface area contributed by atoms with E-state index >= 15 is 0 Å². The minimum Gasteiger partial charge on any atom is -0.258 e. The van der Waals surface area contributed by atoms with Gasteiger partial charge >= 0.3 is 5.69 Å². The molecule has 0 heterocycles. The van der Waals surface area contributed by atoms with Crippen molar-refractivity contribution in [3.05, 3.63) is 38.1 Å². The fourth-order valence-corrected chi connectivity index (χ4v) is 3.62. The number of para-hydroxylation sites is 1. The van der Waals surface area contributed by atoms with E-state index in [9.17, 15) is 19.9 Å². The number of rotatable bonds is 19. The van der Waals surface area contributed by atoms with E-state index in [4.69, 9.17) is 0 Å². The van der Waals surface area contributed by atoms with Gasteiger partial charge in [-0.1, -0.05) is 84.1 Å². The Morgan fingerprint density at radius 2 is 1.13 bits per heavy atom. The average molecular weight is 436 g/mol. The third kappa shape index (κ3) is 9.40. The van der Waals surface area contributed by atoms with E-state index in [-0.39, 0.29) is 17.1 Å². The molecule has 0 radical (unpaired) electrons. The fraction of sp³-hybridized carbons (Fsp3) is 0.727. The van der Waals surface area contributed by atoms with Gasteiger partial charge in [0.05, 0.1) is 15.5 Å². The first kappa shape index (κ1) is 26.5. The largest absolute Gasteiger partial charge is 0.319 e. The fourth-order valence-electron chi connectivity index (χ4n) is 3.62. The summed E-state index contributed by atoms with van der Waals surface area (Å²) in [5.41, 5.74) is -0.107. The van der Waals surface area contributed by atoms with Gasteiger partial charge < -0.3 is 0 Å². The van der Waals surface area contributed by atoms with Gasteiger partial charge in [-0.3, -0.25) is 10.1 Å². The molecule has 0 atom stereocenters. The predicted octanol–water partition coefficient (Wildman–Crippen LogP) is 7.29. The molecule has 1 rings (SSSR count). The van der Waals surface area contributed by atoms with Gasteiger partial charge in [-0.05, 0) is 25.0 Å². The summed E-state index contributed by atoms with van der Waals surface area (Å²) in [6, 6.07) is 4.58. The number of hydrogen-bond donors (Lipinski definition) is 0. The third-order valence-electron chi connectivity index (χ3n) is 5.38. The molecular formula is C22H37N5O4. The maximum atomic E-state index is 11.8. The summed E-state index contributed by atoms with van der Waals surface area (Å²) < 4.78 is 0. The Hall–Kier alpha value is -2.58. The highest BCUT2D eigenvalue weighted by Gasteiger charge is 2.28. The van der Waals surface area contributed by atoms with Crippen LogP contribution >= 0.6 is 0 Å². The van der Waals surface area contributed by atoms with Gasteiger partial charge in [0.2, 0.25) is 0 Å². The van der Waals surface area contributed by atoms with Crippen molar-refractivity contribution in [3.63, 3.8) is 0 Å². The number of hydrogen-bond acceptors (Lipinski definition) is 6. The first-order valence-electron chi connectivity index (χ1n) is 11.6. The van der Waals surface area contributed by atoms with Crippen LogP contribution in [0.15, 0.2) is 28.8 Å². The van der Waals surface area contributed by atoms with Crippen molar-refractivity contribution in [2.45, 2.75) is 90.9 Å². The molecule has 0 aromatic heterocycles. The van der Waals surface area contributed by atoms with Crippen LogP contribution in [0.4, 0.5) is 17.1 Å². The van der Waals surface area contributed by atoms with Crippen molar-refractivity contribution in [1.82, 2.24) is 0 Å². The lowest BCUT2D eigenvalue weighted by Gasteiger charge is -2.20. The molecule has 0 saturated carbocycles. The number of anilines is 2. The second-order valence-corrected chi connectivity index (χ2v) is 7.85. The predicted molar refractivity (Wildman–Crippen MR) is 126 cm³/mol. The molecule has 0 spiro atoms. The molecule has 31 heavy (non-hydrogen) atoms. The maximum Gasteiger partial charge on any atom is 0.319 e. The van der Waals surface area contributed by atoms with Gasteiger partial charge in [0.25, 0.3) is 0 Å². The van der Waals surface area contributed by atoms with Crippen molar-refractivity contribution in [3.8, 4) is 0 Å². The number of unbranched alkanes of at least 4 members (excludes halogenated alkanes) is 10. The summed E-state index contributed by atoms with van der Waals surface area (Å²) >= 11 is 0. The molecule has 1 aromatic carbocycles. The zero-order chi connectivity index (χ0) is 22.9. The molecule has 1 aromatic rings. The van der Waals surface area contributed by atoms with Gasteiger partial charge in [-0.2, -0.15) is 0 Å². The molecular weight excluding hydrogens is 398 g/mol. The highest BCUT2D eigenvalue weighted by Crippen LogP contribution is 2.38. The summed E-state index contributed by atoms with van der Waals surface area (Å²) in [5.74, 6) is 0. The second-order valence-electron chi connectivity index (χ2n) is 7.85. The van der Waals surface area contributed by atoms with Crippen LogP contribution in [0.1, 0.15) is 90.9 Å². The monoisotopic (exact) mass is 435 g/mol. The molecule has 0 amide bonds. The van der Waals surface area contributed by atoms with E-state index in [0.717, 1.165) is 61.4 Å². The number of nitro groups is 1. The normalized spacial score (nSPS) is 10.6. The van der Waals surface area contributed by atoms with Crippen molar-refractivity contribution in [1.29, 1.82) is 0 Å². The third-order valence-corrected chi connectivity index (χ3v) is 5.38. The molecule has 0 unspecified atom stereocenters. The number of benzene rings is 1. The van der Waals surface area contributed by atoms with E-state index in [1.807, 2.05) is 0 Å². The van der Waals surface area contributed by atoms with Crippen LogP contribution < -0.4 is 10.0 Å². The highest BCUT2D eigenvalue weighted by molar-refractivity contribution is 5.77. The summed E-state index contributed by atoms with van der Waals surface area (Å²) in [6.45, 7) is 4.89. The van der Waals surface area contributed by atoms with Crippen LogP contribution in [0, 0.1) is 19.9 Å². The van der Waals surface area contributed by atoms with Crippen LogP contribution in [0.25, 0.3) is 0 Å². The smallest absolute Gasteiger partial charge is 0.258 e. The summed E-state index contributed by atoms with van der Waals surface area (Å²) in [7, 11) is 0. The van der Waals surface area contributed by atoms with Crippen molar-refractivity contribution < 1.29 is 4.92 Å². The zero-order valence-corrected chi connectivity index (χ0v) is 19.0. The van der Waals surface area contributed by atoms with Crippen LogP contribution in [0.5, 0.6) is 0 Å². The van der Waals surface area contributed by atoms with Gasteiger partial charge in [0.15, 0.2) is 0 Å². The zero-order valence-electron chi connectivity index (χ0n) is 19.0. The molecule has 0 fully saturated rings. The topological polar surface area (TPSA) is 108 Å². The second kappa shape index (κ2) is 16.2. The molecule has 9 nitrogen and oxygen atoms in total. The lowest BCUT2D eigenvalue weighted by Crippen LogP contribution is -2.22. The SMILES string of the molecule is CCCCCCCCN(N=O)c1cccc(N(CCCCCCCC)N=O)c1[N+](=O)[O-]. The number of nitroso groups, excluding NO2 is 2. The van der Waals surface area contributed by atoms with E-state index in [0.29, 0.717) is 25.9 Å². The number of nitrogens with zero attached hydrogens (tertiary/aromatic N) is 5. The molecule has 174 valence electrons. The van der Waals surface area contributed by atoms with Crippen LogP contribution in [0.3, 0.4) is 0 Å². The molecule has 0 N–H and O–H groups in total. The number of nitro benzene ring substituents is 1. The lowest BCUT2D eigenvalue weighted by molar-refractivity contribution is -0.383. The maximum absolute atomic E-state index is 11.8. The molecule has 0 aliphatic rings. The molecule has 0 bridgehead atoms. The Morgan fingerprint density at radius 3 is 1.48 bits per heavy atom. The van der Waals surface area contributed by atoms with Gasteiger partial charge in [-0.15, -0.1) is 9.81 Å². The summed E-state index contributed by atoms with van der Waals surface area (Å²) in [6.07, 6.45) is 12.3. The Kier molecular flexibility index (Phi) is 13.8. The molecule has 0 aliphatic carbocycles. The van der Waals surface area contributed by atoms with Gasteiger partial charge in [-0.25, -0.2) is 10.0 Å². The standard InChI is InChI=1S/C22H37N5O4/c1-3-5-7-9-11-13-18-25(23-28)20-16-15-17-21(22(20)27(30)31)26(24-29)19-14-12-10-8-6-4-2/h15-17H,3-14,18-19H2,1-2H3. The van der Waals surface area contributed by atoms with Crippen LogP contribution in [0.2, 0.25) is 0 Å². The lowest BCUT2D eigenvalue weighted by atomic mass is 10.1. The highest BCUT2D eigenvalue weighted by atomic mass is 16.6. The first-order chi connectivity index (χ1) is 15.1. The Bertz CT molecular complexity index is 625. The first-order valence-corrected chi connectivity index (χ1v) is 11.6. The summed E-state index contributed by atoms with van der Waals surface area (Å²) in [4.78, 5) is 34.2. The minimum atomic E-state index is -0.566. The van der Waals surface area contributed by atoms with Crippen molar-refractivity contribution in [2.75, 3.05) is 23.1 Å². The van der Waals surface area contributed by atoms with Crippen molar-refractivity contribution >= 4 is 17.1 Å². The quantitative estimate of drug-likeness (QED) is 0.0976. The van der Waals surface area contributed by atoms with Crippen LogP contribution in [-0.2, 0) is 0 Å². The minimum absolute atomic E-state index is 0.0997. The van der Waals surface area contributed by atoms with E-state index in [1.54, 1.807) is 6.07 Å². The summed E-state index contributed by atoms with van der Waals surface area (Å²) in [5, 5.41) is 20.1. The van der Waals surface area contributed by atoms with Gasteiger partial charge in [0.1, 0.15) is 11.4 Å². The Balaban J connectivity index is 2.87. The average Bonchev–Trinajstić information content (AvgIpc) is 2.78. The molecule has 0 saturated heterocycles. The van der Waals surface area contributed by atoms with Gasteiger partial charge in [0, 0.05) is 13.1 Å². The van der Waals surface area contributed by atoms with Crippen molar-refractivity contribution in [2.24, 2.45) is 10.6 Å². The molecule has 0 aliphatic heterocycles.